The van der Waals surface area contributed by atoms with E-state index in [9.17, 15) is 0 Å². The highest BCUT2D eigenvalue weighted by Gasteiger charge is 2.17. The molecule has 0 spiro atoms. The van der Waals surface area contributed by atoms with Crippen LogP contribution in [0, 0.1) is 0 Å². The highest BCUT2D eigenvalue weighted by Crippen LogP contribution is 2.41. The van der Waals surface area contributed by atoms with E-state index in [1.165, 1.54) is 76.6 Å². The van der Waals surface area contributed by atoms with Crippen molar-refractivity contribution in [1.82, 2.24) is 9.55 Å². The van der Waals surface area contributed by atoms with E-state index in [4.69, 9.17) is 4.98 Å². The quantitative estimate of drug-likeness (QED) is 0.136. The molecule has 0 atom stereocenters. The summed E-state index contributed by atoms with van der Waals surface area (Å²) in [6.07, 6.45) is 0. The molecule has 4 heteroatoms. The molecule has 13 rings (SSSR count). The maximum atomic E-state index is 5.12. The summed E-state index contributed by atoms with van der Waals surface area (Å²) >= 11 is 1.74. The number of aromatic nitrogens is 2. The van der Waals surface area contributed by atoms with Crippen molar-refractivity contribution in [2.75, 3.05) is 4.90 Å². The largest absolute Gasteiger partial charge is 0.311 e. The Morgan fingerprint density at radius 1 is 0.296 bits per heavy atom. The molecule has 0 N–H and O–H groups in total. The molecule has 0 aliphatic heterocycles. The summed E-state index contributed by atoms with van der Waals surface area (Å²) in [6, 6.07) is 98.4. The SMILES string of the molecule is c1ccc(-c2ccc(N(c3ccc(-c4ccccc4)cc3)c3ccc(-c4ccc5nc(-c6ccc(-c7ccc8c(c7)c7cc(-c9ccccc9)ccc7n8-c7ccccc7)cc6)sc5c4)cc3)cc2)cc1. The Balaban J connectivity index is 0.786. The van der Waals surface area contributed by atoms with Gasteiger partial charge in [0.2, 0.25) is 0 Å². The summed E-state index contributed by atoms with van der Waals surface area (Å²) in [4.78, 5) is 7.46. The van der Waals surface area contributed by atoms with Gasteiger partial charge in [0.1, 0.15) is 5.01 Å². The highest BCUT2D eigenvalue weighted by molar-refractivity contribution is 7.21. The number of fused-ring (bicyclic) bond motifs is 4. The van der Waals surface area contributed by atoms with Crippen LogP contribution in [0.15, 0.2) is 273 Å². The molecule has 0 aliphatic rings. The highest BCUT2D eigenvalue weighted by atomic mass is 32.1. The predicted octanol–water partition coefficient (Wildman–Crippen LogP) is 18.9. The minimum Gasteiger partial charge on any atom is -0.311 e. The first kappa shape index (κ1) is 42.0. The van der Waals surface area contributed by atoms with Crippen molar-refractivity contribution < 1.29 is 0 Å². The third kappa shape index (κ3) is 8.06. The molecule has 0 aliphatic carbocycles. The van der Waals surface area contributed by atoms with E-state index in [2.05, 4.69) is 282 Å². The number of hydrogen-bond acceptors (Lipinski definition) is 3. The maximum absolute atomic E-state index is 5.12. The third-order valence-corrected chi connectivity index (χ3v) is 14.7. The molecule has 0 amide bonds. The second-order valence-electron chi connectivity index (χ2n) is 18.0. The average molecular weight is 924 g/mol. The molecule has 2 aromatic heterocycles. The van der Waals surface area contributed by atoms with Crippen LogP contribution < -0.4 is 4.90 Å². The van der Waals surface area contributed by atoms with Crippen LogP contribution in [0.25, 0.3) is 104 Å². The second kappa shape index (κ2) is 18.1. The molecule has 0 fully saturated rings. The summed E-state index contributed by atoms with van der Waals surface area (Å²) in [7, 11) is 0. The van der Waals surface area contributed by atoms with Crippen molar-refractivity contribution in [3.8, 4) is 71.9 Å². The number of para-hydroxylation sites is 1. The molecule has 0 unspecified atom stereocenters. The number of anilines is 3. The molecule has 0 saturated carbocycles. The van der Waals surface area contributed by atoms with Gasteiger partial charge in [0, 0.05) is 39.1 Å². The Hall–Kier alpha value is -9.09. The molecule has 334 valence electrons. The number of nitrogens with zero attached hydrogens (tertiary/aromatic N) is 3. The fraction of sp³-hybridized carbons (Fsp3) is 0. The van der Waals surface area contributed by atoms with Gasteiger partial charge in [0.05, 0.1) is 21.3 Å². The number of hydrogen-bond donors (Lipinski definition) is 0. The second-order valence-corrected chi connectivity index (χ2v) is 19.0. The van der Waals surface area contributed by atoms with Crippen molar-refractivity contribution >= 4 is 60.4 Å². The number of rotatable bonds is 10. The third-order valence-electron chi connectivity index (χ3n) is 13.7. The van der Waals surface area contributed by atoms with Crippen LogP contribution in [0.3, 0.4) is 0 Å². The maximum Gasteiger partial charge on any atom is 0.124 e. The first-order valence-corrected chi connectivity index (χ1v) is 24.9. The fourth-order valence-electron chi connectivity index (χ4n) is 10.0. The lowest BCUT2D eigenvalue weighted by atomic mass is 10.00. The molecule has 71 heavy (non-hydrogen) atoms. The Kier molecular flexibility index (Phi) is 10.7. The summed E-state index contributed by atoms with van der Waals surface area (Å²) < 4.78 is 3.55. The van der Waals surface area contributed by atoms with Gasteiger partial charge in [-0.25, -0.2) is 4.98 Å². The topological polar surface area (TPSA) is 21.1 Å². The summed E-state index contributed by atoms with van der Waals surface area (Å²) in [5.74, 6) is 0. The van der Waals surface area contributed by atoms with E-state index in [-0.39, 0.29) is 0 Å². The van der Waals surface area contributed by atoms with Crippen LogP contribution in [0.2, 0.25) is 0 Å². The molecule has 0 bridgehead atoms. The van der Waals surface area contributed by atoms with Crippen LogP contribution in [-0.2, 0) is 0 Å². The van der Waals surface area contributed by atoms with Gasteiger partial charge < -0.3 is 9.47 Å². The smallest absolute Gasteiger partial charge is 0.124 e. The monoisotopic (exact) mass is 923 g/mol. The van der Waals surface area contributed by atoms with Crippen LogP contribution in [0.5, 0.6) is 0 Å². The zero-order chi connectivity index (χ0) is 47.1. The lowest BCUT2D eigenvalue weighted by Gasteiger charge is -2.26. The summed E-state index contributed by atoms with van der Waals surface area (Å²) in [6.45, 7) is 0. The Morgan fingerprint density at radius 3 is 1.10 bits per heavy atom. The average Bonchev–Trinajstić information content (AvgIpc) is 4.03. The normalized spacial score (nSPS) is 11.4. The van der Waals surface area contributed by atoms with Crippen LogP contribution in [0.1, 0.15) is 0 Å². The fourth-order valence-corrected chi connectivity index (χ4v) is 11.0. The molecule has 0 radical (unpaired) electrons. The number of thiazole rings is 1. The van der Waals surface area contributed by atoms with Gasteiger partial charge in [-0.15, -0.1) is 11.3 Å². The van der Waals surface area contributed by atoms with E-state index >= 15 is 0 Å². The van der Waals surface area contributed by atoms with Gasteiger partial charge in [-0.3, -0.25) is 0 Å². The van der Waals surface area contributed by atoms with E-state index in [0.717, 1.165) is 44.4 Å². The molecule has 0 saturated heterocycles. The molecule has 2 heterocycles. The zero-order valence-corrected chi connectivity index (χ0v) is 39.5. The summed E-state index contributed by atoms with van der Waals surface area (Å²) in [5, 5.41) is 3.49. The van der Waals surface area contributed by atoms with E-state index in [0.29, 0.717) is 0 Å². The van der Waals surface area contributed by atoms with Crippen LogP contribution in [0.4, 0.5) is 17.1 Å². The Bertz CT molecular complexity index is 3890. The standard InChI is InChI=1S/C67H45N3S/c1-5-13-46(14-6-1)49-25-34-58(35-26-49)69(59-36-27-50(28-37-59)47-15-7-2-8-16-47)60-38-29-52(30-39-60)56-31-40-63-66(45-56)71-67(68-63)53-23-21-51(22-24-53)55-33-42-65-62(44-55)61-43-54(48-17-9-3-10-18-48)32-41-64(61)70(65)57-19-11-4-12-20-57/h1-45H. The van der Waals surface area contributed by atoms with Gasteiger partial charge in [-0.05, 0) is 141 Å². The van der Waals surface area contributed by atoms with Gasteiger partial charge in [0.25, 0.3) is 0 Å². The van der Waals surface area contributed by atoms with Crippen molar-refractivity contribution in [2.45, 2.75) is 0 Å². The molecule has 13 aromatic rings. The van der Waals surface area contributed by atoms with Crippen molar-refractivity contribution in [3.05, 3.63) is 273 Å². The van der Waals surface area contributed by atoms with Gasteiger partial charge in [-0.1, -0.05) is 188 Å². The van der Waals surface area contributed by atoms with Crippen molar-refractivity contribution in [2.24, 2.45) is 0 Å². The zero-order valence-electron chi connectivity index (χ0n) is 38.7. The first-order chi connectivity index (χ1) is 35.2. The van der Waals surface area contributed by atoms with Gasteiger partial charge in [0.15, 0.2) is 0 Å². The van der Waals surface area contributed by atoms with Crippen molar-refractivity contribution in [3.63, 3.8) is 0 Å². The van der Waals surface area contributed by atoms with E-state index in [1.807, 2.05) is 0 Å². The molecular formula is C67H45N3S. The minimum atomic E-state index is 1.01. The number of benzene rings is 11. The molecule has 11 aromatic carbocycles. The van der Waals surface area contributed by atoms with E-state index in [1.54, 1.807) is 11.3 Å². The predicted molar refractivity (Wildman–Crippen MR) is 301 cm³/mol. The first-order valence-electron chi connectivity index (χ1n) is 24.1. The summed E-state index contributed by atoms with van der Waals surface area (Å²) in [5.41, 5.74) is 20.9. The Labute approximate surface area is 417 Å². The van der Waals surface area contributed by atoms with Crippen LogP contribution in [-0.4, -0.2) is 9.55 Å². The Morgan fingerprint density at radius 2 is 0.634 bits per heavy atom. The lowest BCUT2D eigenvalue weighted by Crippen LogP contribution is -2.09. The van der Waals surface area contributed by atoms with Crippen molar-refractivity contribution in [1.29, 1.82) is 0 Å². The lowest BCUT2D eigenvalue weighted by molar-refractivity contribution is 1.18. The minimum absolute atomic E-state index is 1.01. The van der Waals surface area contributed by atoms with Gasteiger partial charge in [-0.2, -0.15) is 0 Å². The van der Waals surface area contributed by atoms with Gasteiger partial charge >= 0.3 is 0 Å². The molecule has 3 nitrogen and oxygen atoms in total. The van der Waals surface area contributed by atoms with E-state index < -0.39 is 0 Å². The molecular weight excluding hydrogens is 879 g/mol. The van der Waals surface area contributed by atoms with Crippen LogP contribution >= 0.6 is 11.3 Å².